The molecule has 0 aliphatic rings. The number of nitrogens with two attached hydrogens (primary N) is 3. The van der Waals surface area contributed by atoms with Gasteiger partial charge in [-0.1, -0.05) is 44.2 Å². The van der Waals surface area contributed by atoms with Crippen molar-refractivity contribution in [2.45, 2.75) is 140 Å². The molecule has 28 heteroatoms. The molecule has 0 aromatic heterocycles. The molecule has 0 saturated heterocycles. The van der Waals surface area contributed by atoms with Crippen molar-refractivity contribution in [3.63, 3.8) is 0 Å². The van der Waals surface area contributed by atoms with E-state index in [1.165, 1.54) is 13.8 Å². The monoisotopic (exact) mass is 1030 g/mol. The normalized spacial score (nSPS) is 14.1. The van der Waals surface area contributed by atoms with E-state index in [0.717, 1.165) is 0 Å². The number of carbonyl (C=O) groups is 13. The molecule has 73 heavy (non-hydrogen) atoms. The van der Waals surface area contributed by atoms with Crippen LogP contribution < -0.4 is 65.1 Å². The molecule has 0 spiro atoms. The predicted octanol–water partition coefficient (Wildman–Crippen LogP) is -4.91. The van der Waals surface area contributed by atoms with Crippen LogP contribution in [0.2, 0.25) is 0 Å². The lowest BCUT2D eigenvalue weighted by atomic mass is 10.0. The van der Waals surface area contributed by atoms with Crippen LogP contribution in [-0.2, 0) is 68.7 Å². The minimum absolute atomic E-state index is 0.0307. The van der Waals surface area contributed by atoms with Gasteiger partial charge in [0.05, 0.1) is 25.6 Å². The summed E-state index contributed by atoms with van der Waals surface area (Å²) in [6.07, 6.45) is -2.13. The zero-order valence-corrected chi connectivity index (χ0v) is 41.2. The summed E-state index contributed by atoms with van der Waals surface area (Å²) in [5.41, 5.74) is 17.5. The Bertz CT molecular complexity index is 2110. The van der Waals surface area contributed by atoms with Crippen LogP contribution in [0.1, 0.15) is 91.0 Å². The molecule has 406 valence electrons. The zero-order valence-electron chi connectivity index (χ0n) is 41.2. The summed E-state index contributed by atoms with van der Waals surface area (Å²) in [5, 5.41) is 49.1. The first kappa shape index (κ1) is 63.3. The van der Waals surface area contributed by atoms with Gasteiger partial charge in [-0.25, -0.2) is 4.79 Å². The van der Waals surface area contributed by atoms with Crippen LogP contribution >= 0.6 is 0 Å². The number of unbranched alkanes of at least 4 members (excludes halogenated alkanes) is 1. The van der Waals surface area contributed by atoms with Gasteiger partial charge in [0.25, 0.3) is 0 Å². The summed E-state index contributed by atoms with van der Waals surface area (Å²) < 4.78 is 0. The van der Waals surface area contributed by atoms with E-state index in [1.54, 1.807) is 44.2 Å². The van der Waals surface area contributed by atoms with Crippen LogP contribution in [0.4, 0.5) is 0 Å². The Hall–Kier alpha value is -7.75. The lowest BCUT2D eigenvalue weighted by molar-refractivity contribution is -0.143. The number of aliphatic carboxylic acids is 3. The van der Waals surface area contributed by atoms with Crippen LogP contribution in [0.25, 0.3) is 0 Å². The molecule has 0 aliphatic carbocycles. The summed E-state index contributed by atoms with van der Waals surface area (Å²) in [5.74, 6) is -13.7. The van der Waals surface area contributed by atoms with E-state index in [2.05, 4.69) is 47.9 Å². The molecule has 0 bridgehead atoms. The molecule has 1 rings (SSSR count). The fourth-order valence-electron chi connectivity index (χ4n) is 6.58. The predicted molar refractivity (Wildman–Crippen MR) is 257 cm³/mol. The summed E-state index contributed by atoms with van der Waals surface area (Å²) in [4.78, 5) is 164. The molecule has 1 aromatic carbocycles. The largest absolute Gasteiger partial charge is 0.481 e. The summed E-state index contributed by atoms with van der Waals surface area (Å²) in [6, 6.07) is -2.88. The van der Waals surface area contributed by atoms with E-state index in [9.17, 15) is 77.6 Å². The third-order valence-corrected chi connectivity index (χ3v) is 10.5. The summed E-state index contributed by atoms with van der Waals surface area (Å²) in [7, 11) is 0. The fourth-order valence-corrected chi connectivity index (χ4v) is 6.58. The molecular weight excluding hydrogens is 965 g/mol. The van der Waals surface area contributed by atoms with E-state index in [1.807, 2.05) is 0 Å². The van der Waals surface area contributed by atoms with Crippen molar-refractivity contribution in [1.82, 2.24) is 47.9 Å². The molecule has 0 aliphatic heterocycles. The van der Waals surface area contributed by atoms with Gasteiger partial charge in [0.15, 0.2) is 0 Å². The highest BCUT2D eigenvalue weighted by molar-refractivity contribution is 5.98. The Kier molecular flexibility index (Phi) is 28.6. The van der Waals surface area contributed by atoms with Gasteiger partial charge in [-0.15, -0.1) is 0 Å². The van der Waals surface area contributed by atoms with E-state index in [-0.39, 0.29) is 51.0 Å². The first-order valence-electron chi connectivity index (χ1n) is 23.3. The lowest BCUT2D eigenvalue weighted by Gasteiger charge is -2.26. The first-order chi connectivity index (χ1) is 34.2. The van der Waals surface area contributed by atoms with E-state index in [0.29, 0.717) is 12.0 Å². The Balaban J connectivity index is 2.93. The Morgan fingerprint density at radius 2 is 1.01 bits per heavy atom. The number of nitrogens with one attached hydrogen (secondary N) is 9. The highest BCUT2D eigenvalue weighted by Crippen LogP contribution is 2.09. The molecule has 0 heterocycles. The maximum atomic E-state index is 13.6. The van der Waals surface area contributed by atoms with E-state index in [4.69, 9.17) is 17.2 Å². The second-order valence-corrected chi connectivity index (χ2v) is 17.4. The Labute approximate surface area is 420 Å². The maximum Gasteiger partial charge on any atom is 0.326 e. The molecule has 28 nitrogen and oxygen atoms in total. The molecular formula is C45H70N12O16. The molecule has 0 radical (unpaired) electrons. The number of carbonyl (C=O) groups excluding carboxylic acids is 10. The SMILES string of the molecule is CC(C)C[C@H](NC(=O)[C@H](CCC(N)=O)NC(=O)[C@H](C)NC(=O)CNC(=O)CNC(=O)[C@H](C)NC(=O)[C@H](CCCCN)NC(=O)[C@H](CCC(=O)O)NC(=O)[C@H](CC(=O)O)NC(=O)[C@@H](N)Cc1ccccc1)C(=O)O. The number of rotatable bonds is 35. The van der Waals surface area contributed by atoms with Crippen LogP contribution in [0.15, 0.2) is 30.3 Å². The number of hydrogen-bond acceptors (Lipinski definition) is 15. The summed E-state index contributed by atoms with van der Waals surface area (Å²) >= 11 is 0. The topological polar surface area (TPSA) is 469 Å². The standard InChI is InChI=1S/C45H70N12O16/c1-23(2)18-32(45(72)73)57-43(70)29(13-15-33(48)58)53-39(66)25(4)51-35(60)22-49-34(59)21-50-38(65)24(3)52-41(68)28(12-8-9-17-46)54-42(69)30(14-16-36(61)62)55-44(71)31(20-37(63)64)56-40(67)27(47)19-26-10-6-5-7-11-26/h5-7,10-11,23-25,27-32H,8-9,12-22,46-47H2,1-4H3,(H2,48,58)(H,49,59)(H,50,65)(H,51,60)(H,52,68)(H,53,66)(H,54,69)(H,55,71)(H,56,67)(H,57,70)(H,61,62)(H,63,64)(H,72,73)/t24-,25-,27-,28-,29-,30-,31-,32-/m0/s1. The quantitative estimate of drug-likeness (QED) is 0.0283. The zero-order chi connectivity index (χ0) is 55.4. The molecule has 0 saturated carbocycles. The molecule has 0 unspecified atom stereocenters. The lowest BCUT2D eigenvalue weighted by Crippen LogP contribution is -2.59. The Morgan fingerprint density at radius 1 is 0.521 bits per heavy atom. The fraction of sp³-hybridized carbons (Fsp3) is 0.578. The highest BCUT2D eigenvalue weighted by Gasteiger charge is 2.33. The van der Waals surface area contributed by atoms with Gasteiger partial charge in [-0.05, 0) is 76.8 Å². The second-order valence-electron chi connectivity index (χ2n) is 17.4. The number of amides is 10. The van der Waals surface area contributed by atoms with Crippen molar-refractivity contribution in [2.75, 3.05) is 19.6 Å². The maximum absolute atomic E-state index is 13.6. The van der Waals surface area contributed by atoms with Gasteiger partial charge < -0.3 is 80.4 Å². The van der Waals surface area contributed by atoms with Crippen molar-refractivity contribution in [3.8, 4) is 0 Å². The van der Waals surface area contributed by atoms with Crippen molar-refractivity contribution in [3.05, 3.63) is 35.9 Å². The molecule has 0 fully saturated rings. The van der Waals surface area contributed by atoms with E-state index < -0.39 is 158 Å². The molecule has 10 amide bonds. The Morgan fingerprint density at radius 3 is 1.55 bits per heavy atom. The number of hydrogen-bond donors (Lipinski definition) is 15. The van der Waals surface area contributed by atoms with Crippen LogP contribution in [0.3, 0.4) is 0 Å². The third-order valence-electron chi connectivity index (χ3n) is 10.5. The van der Waals surface area contributed by atoms with Gasteiger partial charge in [0, 0.05) is 12.8 Å². The third kappa shape index (κ3) is 26.3. The van der Waals surface area contributed by atoms with Gasteiger partial charge in [0.2, 0.25) is 59.1 Å². The molecule has 1 aromatic rings. The van der Waals surface area contributed by atoms with Crippen molar-refractivity contribution >= 4 is 77.0 Å². The van der Waals surface area contributed by atoms with Crippen LogP contribution in [0.5, 0.6) is 0 Å². The van der Waals surface area contributed by atoms with Crippen LogP contribution in [-0.4, -0.2) is 160 Å². The van der Waals surface area contributed by atoms with Gasteiger partial charge in [-0.3, -0.25) is 57.5 Å². The number of carboxylic acids is 3. The van der Waals surface area contributed by atoms with Gasteiger partial charge >= 0.3 is 17.9 Å². The van der Waals surface area contributed by atoms with Gasteiger partial charge in [-0.2, -0.15) is 0 Å². The molecule has 18 N–H and O–H groups in total. The minimum atomic E-state index is -1.77. The number of benzene rings is 1. The van der Waals surface area contributed by atoms with Crippen molar-refractivity contribution < 1.29 is 77.6 Å². The smallest absolute Gasteiger partial charge is 0.326 e. The highest BCUT2D eigenvalue weighted by atomic mass is 16.4. The van der Waals surface area contributed by atoms with Crippen LogP contribution in [0, 0.1) is 5.92 Å². The first-order valence-corrected chi connectivity index (χ1v) is 23.3. The van der Waals surface area contributed by atoms with Crippen molar-refractivity contribution in [2.24, 2.45) is 23.1 Å². The molecule has 8 atom stereocenters. The summed E-state index contributed by atoms with van der Waals surface area (Å²) in [6.45, 7) is 4.73. The van der Waals surface area contributed by atoms with E-state index >= 15 is 0 Å². The number of carboxylic acid groups (broad SMARTS) is 3. The average molecular weight is 1040 g/mol. The van der Waals surface area contributed by atoms with Crippen molar-refractivity contribution in [1.29, 1.82) is 0 Å². The number of primary amides is 1. The minimum Gasteiger partial charge on any atom is -0.481 e. The second kappa shape index (κ2) is 33.0. The van der Waals surface area contributed by atoms with Gasteiger partial charge in [0.1, 0.15) is 42.3 Å². The average Bonchev–Trinajstić information content (AvgIpc) is 3.31.